The molecular formula is C18H21NOS. The van der Waals surface area contributed by atoms with E-state index in [2.05, 4.69) is 39.0 Å². The zero-order chi connectivity index (χ0) is 15.4. The molecule has 0 amide bonds. The average molecular weight is 299 g/mol. The van der Waals surface area contributed by atoms with Crippen molar-refractivity contribution in [1.82, 2.24) is 0 Å². The first kappa shape index (κ1) is 15.5. The minimum Gasteiger partial charge on any atom is -0.489 e. The van der Waals surface area contributed by atoms with E-state index in [-0.39, 0.29) is 0 Å². The predicted octanol–water partition coefficient (Wildman–Crippen LogP) is 4.33. The van der Waals surface area contributed by atoms with E-state index in [1.807, 2.05) is 24.3 Å². The van der Waals surface area contributed by atoms with Crippen molar-refractivity contribution < 1.29 is 4.74 Å². The van der Waals surface area contributed by atoms with Gasteiger partial charge >= 0.3 is 0 Å². The standard InChI is InChI=1S/C18H21NOS/c1-12(2)16-9-4-13(3)10-17(16)20-11-14-5-7-15(8-6-14)18(19)21/h4-10,12H,11H2,1-3H3,(H2,19,21). The summed E-state index contributed by atoms with van der Waals surface area (Å²) in [5.74, 6) is 1.40. The molecule has 0 aliphatic rings. The number of benzene rings is 2. The van der Waals surface area contributed by atoms with Crippen molar-refractivity contribution in [3.05, 3.63) is 64.7 Å². The van der Waals surface area contributed by atoms with Crippen molar-refractivity contribution in [2.75, 3.05) is 0 Å². The van der Waals surface area contributed by atoms with E-state index in [4.69, 9.17) is 22.7 Å². The van der Waals surface area contributed by atoms with Crippen LogP contribution in [0.25, 0.3) is 0 Å². The van der Waals surface area contributed by atoms with Crippen LogP contribution in [0, 0.1) is 6.92 Å². The SMILES string of the molecule is Cc1ccc(C(C)C)c(OCc2ccc(C(N)=S)cc2)c1. The van der Waals surface area contributed by atoms with Gasteiger partial charge in [0.1, 0.15) is 17.3 Å². The Kier molecular flexibility index (Phi) is 4.97. The van der Waals surface area contributed by atoms with Crippen molar-refractivity contribution in [2.24, 2.45) is 5.73 Å². The van der Waals surface area contributed by atoms with Gasteiger partial charge in [0.15, 0.2) is 0 Å². The van der Waals surface area contributed by atoms with Crippen molar-refractivity contribution >= 4 is 17.2 Å². The van der Waals surface area contributed by atoms with Crippen molar-refractivity contribution in [1.29, 1.82) is 0 Å². The quantitative estimate of drug-likeness (QED) is 0.835. The molecule has 0 heterocycles. The Morgan fingerprint density at radius 3 is 2.38 bits per heavy atom. The van der Waals surface area contributed by atoms with Gasteiger partial charge in [-0.3, -0.25) is 0 Å². The number of hydrogen-bond donors (Lipinski definition) is 1. The molecule has 0 bridgehead atoms. The third kappa shape index (κ3) is 4.05. The van der Waals surface area contributed by atoms with Crippen LogP contribution in [0.2, 0.25) is 0 Å². The highest BCUT2D eigenvalue weighted by atomic mass is 32.1. The van der Waals surface area contributed by atoms with Gasteiger partial charge in [-0.2, -0.15) is 0 Å². The molecule has 2 N–H and O–H groups in total. The molecule has 0 saturated carbocycles. The Balaban J connectivity index is 2.12. The molecule has 0 aromatic heterocycles. The fraction of sp³-hybridized carbons (Fsp3) is 0.278. The van der Waals surface area contributed by atoms with Gasteiger partial charge in [0.2, 0.25) is 0 Å². The lowest BCUT2D eigenvalue weighted by molar-refractivity contribution is 0.301. The second-order valence-corrected chi connectivity index (χ2v) is 5.99. The van der Waals surface area contributed by atoms with Gasteiger partial charge in [-0.1, -0.05) is 62.5 Å². The molecule has 2 nitrogen and oxygen atoms in total. The molecule has 0 fully saturated rings. The fourth-order valence-corrected chi connectivity index (χ4v) is 2.31. The Hall–Kier alpha value is -1.87. The normalized spacial score (nSPS) is 10.7. The van der Waals surface area contributed by atoms with Crippen LogP contribution in [0.5, 0.6) is 5.75 Å². The van der Waals surface area contributed by atoms with Crippen LogP contribution in [-0.4, -0.2) is 4.99 Å². The maximum absolute atomic E-state index is 6.00. The number of ether oxygens (including phenoxy) is 1. The number of rotatable bonds is 5. The molecule has 3 heteroatoms. The summed E-state index contributed by atoms with van der Waals surface area (Å²) in [5.41, 5.74) is 10.0. The van der Waals surface area contributed by atoms with Crippen LogP contribution >= 0.6 is 12.2 Å². The summed E-state index contributed by atoms with van der Waals surface area (Å²) in [4.78, 5) is 0.420. The molecule has 2 rings (SSSR count). The van der Waals surface area contributed by atoms with Gasteiger partial charge < -0.3 is 10.5 Å². The highest BCUT2D eigenvalue weighted by Crippen LogP contribution is 2.28. The smallest absolute Gasteiger partial charge is 0.123 e. The fourth-order valence-electron chi connectivity index (χ4n) is 2.17. The maximum Gasteiger partial charge on any atom is 0.123 e. The van der Waals surface area contributed by atoms with Crippen molar-refractivity contribution in [2.45, 2.75) is 33.3 Å². The number of thiocarbonyl (C=S) groups is 1. The van der Waals surface area contributed by atoms with Crippen LogP contribution in [0.1, 0.15) is 42.0 Å². The molecule has 2 aromatic rings. The minimum absolute atomic E-state index is 0.420. The number of hydrogen-bond acceptors (Lipinski definition) is 2. The summed E-state index contributed by atoms with van der Waals surface area (Å²) in [6.07, 6.45) is 0. The van der Waals surface area contributed by atoms with E-state index in [0.29, 0.717) is 17.5 Å². The van der Waals surface area contributed by atoms with E-state index in [1.54, 1.807) is 0 Å². The first-order chi connectivity index (χ1) is 9.97. The summed E-state index contributed by atoms with van der Waals surface area (Å²) in [6, 6.07) is 14.2. The summed E-state index contributed by atoms with van der Waals surface area (Å²) in [7, 11) is 0. The monoisotopic (exact) mass is 299 g/mol. The third-order valence-electron chi connectivity index (χ3n) is 3.42. The second-order valence-electron chi connectivity index (χ2n) is 5.55. The van der Waals surface area contributed by atoms with Crippen LogP contribution in [-0.2, 0) is 6.61 Å². The van der Waals surface area contributed by atoms with Gasteiger partial charge in [-0.15, -0.1) is 0 Å². The topological polar surface area (TPSA) is 35.2 Å². The van der Waals surface area contributed by atoms with Crippen molar-refractivity contribution in [3.63, 3.8) is 0 Å². The lowest BCUT2D eigenvalue weighted by Crippen LogP contribution is -2.09. The van der Waals surface area contributed by atoms with Gasteiger partial charge in [-0.25, -0.2) is 0 Å². The zero-order valence-electron chi connectivity index (χ0n) is 12.7. The van der Waals surface area contributed by atoms with Crippen molar-refractivity contribution in [3.8, 4) is 5.75 Å². The molecule has 0 aliphatic heterocycles. The van der Waals surface area contributed by atoms with E-state index < -0.39 is 0 Å². The molecule has 0 saturated heterocycles. The van der Waals surface area contributed by atoms with Crippen LogP contribution < -0.4 is 10.5 Å². The van der Waals surface area contributed by atoms with E-state index >= 15 is 0 Å². The Morgan fingerprint density at radius 2 is 1.81 bits per heavy atom. The lowest BCUT2D eigenvalue weighted by atomic mass is 10.0. The average Bonchev–Trinajstić information content (AvgIpc) is 2.45. The van der Waals surface area contributed by atoms with E-state index in [1.165, 1.54) is 11.1 Å². The molecule has 0 spiro atoms. The Bertz CT molecular complexity index is 632. The summed E-state index contributed by atoms with van der Waals surface area (Å²) < 4.78 is 6.00. The third-order valence-corrected chi connectivity index (χ3v) is 3.66. The molecule has 0 atom stereocenters. The van der Waals surface area contributed by atoms with E-state index in [9.17, 15) is 0 Å². The largest absolute Gasteiger partial charge is 0.489 e. The van der Waals surface area contributed by atoms with E-state index in [0.717, 1.165) is 16.9 Å². The summed E-state index contributed by atoms with van der Waals surface area (Å²) in [5, 5.41) is 0. The van der Waals surface area contributed by atoms with Crippen LogP contribution in [0.4, 0.5) is 0 Å². The molecular weight excluding hydrogens is 278 g/mol. The molecule has 21 heavy (non-hydrogen) atoms. The highest BCUT2D eigenvalue weighted by molar-refractivity contribution is 7.80. The number of nitrogens with two attached hydrogens (primary N) is 1. The Morgan fingerprint density at radius 1 is 1.14 bits per heavy atom. The molecule has 2 aromatic carbocycles. The van der Waals surface area contributed by atoms with Gasteiger partial charge in [0.05, 0.1) is 0 Å². The predicted molar refractivity (Wildman–Crippen MR) is 91.9 cm³/mol. The van der Waals surface area contributed by atoms with Crippen LogP contribution in [0.15, 0.2) is 42.5 Å². The molecule has 0 radical (unpaired) electrons. The molecule has 0 unspecified atom stereocenters. The first-order valence-electron chi connectivity index (χ1n) is 7.09. The summed E-state index contributed by atoms with van der Waals surface area (Å²) >= 11 is 4.95. The number of aryl methyl sites for hydroxylation is 1. The maximum atomic E-state index is 6.00. The Labute approximate surface area is 131 Å². The zero-order valence-corrected chi connectivity index (χ0v) is 13.5. The van der Waals surface area contributed by atoms with Gasteiger partial charge in [-0.05, 0) is 35.6 Å². The lowest BCUT2D eigenvalue weighted by Gasteiger charge is -2.15. The highest BCUT2D eigenvalue weighted by Gasteiger charge is 2.08. The van der Waals surface area contributed by atoms with Gasteiger partial charge in [0.25, 0.3) is 0 Å². The second kappa shape index (κ2) is 6.72. The molecule has 0 aliphatic carbocycles. The molecule has 110 valence electrons. The minimum atomic E-state index is 0.420. The first-order valence-corrected chi connectivity index (χ1v) is 7.50. The summed E-state index contributed by atoms with van der Waals surface area (Å²) in [6.45, 7) is 6.97. The van der Waals surface area contributed by atoms with Gasteiger partial charge in [0, 0.05) is 5.56 Å². The van der Waals surface area contributed by atoms with Crippen LogP contribution in [0.3, 0.4) is 0 Å².